The molecule has 2 aromatic rings. The summed E-state index contributed by atoms with van der Waals surface area (Å²) in [5.41, 5.74) is 3.14. The van der Waals surface area contributed by atoms with Crippen LogP contribution in [0.5, 0.6) is 0 Å². The van der Waals surface area contributed by atoms with Crippen molar-refractivity contribution in [1.29, 1.82) is 0 Å². The summed E-state index contributed by atoms with van der Waals surface area (Å²) in [5, 5.41) is 2.90. The van der Waals surface area contributed by atoms with Crippen molar-refractivity contribution < 1.29 is 13.2 Å². The Hall–Kier alpha value is -2.14. The van der Waals surface area contributed by atoms with Crippen LogP contribution in [0.4, 0.5) is 0 Å². The van der Waals surface area contributed by atoms with E-state index >= 15 is 0 Å². The van der Waals surface area contributed by atoms with Crippen LogP contribution >= 0.6 is 0 Å². The molecule has 5 heteroatoms. The Morgan fingerprint density at radius 2 is 1.75 bits per heavy atom. The molecule has 0 aliphatic carbocycles. The molecule has 2 aromatic carbocycles. The zero-order valence-electron chi connectivity index (χ0n) is 14.1. The topological polar surface area (TPSA) is 63.2 Å². The van der Waals surface area contributed by atoms with Gasteiger partial charge in [0.05, 0.1) is 17.1 Å². The first-order valence-electron chi connectivity index (χ1n) is 8.04. The first-order valence-corrected chi connectivity index (χ1v) is 9.70. The molecule has 0 spiro atoms. The molecule has 0 aromatic heterocycles. The van der Waals surface area contributed by atoms with Crippen molar-refractivity contribution in [3.05, 3.63) is 65.2 Å². The Balaban J connectivity index is 1.82. The van der Waals surface area contributed by atoms with E-state index in [1.165, 1.54) is 0 Å². The molecular formula is C19H23NO3S. The van der Waals surface area contributed by atoms with Gasteiger partial charge in [0, 0.05) is 6.54 Å². The van der Waals surface area contributed by atoms with Gasteiger partial charge in [-0.25, -0.2) is 8.42 Å². The number of carbonyl (C=O) groups is 1. The van der Waals surface area contributed by atoms with E-state index in [-0.39, 0.29) is 11.7 Å². The molecule has 0 fully saturated rings. The maximum Gasteiger partial charge on any atom is 0.224 e. The van der Waals surface area contributed by atoms with Gasteiger partial charge in [0.15, 0.2) is 9.84 Å². The monoisotopic (exact) mass is 345 g/mol. The molecule has 0 bridgehead atoms. The molecule has 0 aliphatic heterocycles. The lowest BCUT2D eigenvalue weighted by Gasteiger charge is -2.07. The van der Waals surface area contributed by atoms with Gasteiger partial charge in [-0.2, -0.15) is 0 Å². The van der Waals surface area contributed by atoms with E-state index in [0.29, 0.717) is 24.3 Å². The first kappa shape index (κ1) is 18.2. The number of hydrogen-bond donors (Lipinski definition) is 1. The molecule has 1 N–H and O–H groups in total. The van der Waals surface area contributed by atoms with Gasteiger partial charge < -0.3 is 5.32 Å². The number of amides is 1. The average molecular weight is 345 g/mol. The minimum absolute atomic E-state index is 0.00854. The van der Waals surface area contributed by atoms with Crippen LogP contribution in [0, 0.1) is 6.92 Å². The van der Waals surface area contributed by atoms with Gasteiger partial charge in [0.25, 0.3) is 0 Å². The van der Waals surface area contributed by atoms with Crippen molar-refractivity contribution >= 4 is 15.7 Å². The summed E-state index contributed by atoms with van der Waals surface area (Å²) in [4.78, 5) is 12.3. The number of carbonyl (C=O) groups excluding carboxylic acids is 1. The third kappa shape index (κ3) is 5.20. The molecule has 128 valence electrons. The van der Waals surface area contributed by atoms with Crippen LogP contribution in [0.15, 0.2) is 53.4 Å². The number of rotatable bonds is 7. The first-order chi connectivity index (χ1) is 11.4. The Kier molecular flexibility index (Phi) is 6.15. The van der Waals surface area contributed by atoms with Gasteiger partial charge in [-0.1, -0.05) is 48.9 Å². The summed E-state index contributed by atoms with van der Waals surface area (Å²) in [7, 11) is -3.16. The highest BCUT2D eigenvalue weighted by atomic mass is 32.2. The van der Waals surface area contributed by atoms with Gasteiger partial charge in [-0.3, -0.25) is 4.79 Å². The van der Waals surface area contributed by atoms with Crippen LogP contribution in [0.3, 0.4) is 0 Å². The lowest BCUT2D eigenvalue weighted by atomic mass is 10.1. The van der Waals surface area contributed by atoms with E-state index in [1.54, 1.807) is 31.2 Å². The highest BCUT2D eigenvalue weighted by Crippen LogP contribution is 2.12. The van der Waals surface area contributed by atoms with Crippen molar-refractivity contribution in [3.8, 4) is 0 Å². The summed E-state index contributed by atoms with van der Waals surface area (Å²) in [5.74, 6) is 0.0900. The van der Waals surface area contributed by atoms with E-state index in [1.807, 2.05) is 31.2 Å². The molecular weight excluding hydrogens is 322 g/mol. The van der Waals surface area contributed by atoms with Crippen LogP contribution in [0.25, 0.3) is 0 Å². The molecule has 0 unspecified atom stereocenters. The predicted octanol–water partition coefficient (Wildman–Crippen LogP) is 2.69. The molecule has 0 saturated heterocycles. The van der Waals surface area contributed by atoms with Crippen LogP contribution < -0.4 is 5.32 Å². The van der Waals surface area contributed by atoms with Crippen molar-refractivity contribution in [2.45, 2.75) is 31.6 Å². The third-order valence-corrected chi connectivity index (χ3v) is 5.60. The van der Waals surface area contributed by atoms with E-state index in [9.17, 15) is 13.2 Å². The van der Waals surface area contributed by atoms with Crippen molar-refractivity contribution in [2.75, 3.05) is 12.3 Å². The zero-order chi connectivity index (χ0) is 17.6. The predicted molar refractivity (Wildman–Crippen MR) is 95.8 cm³/mol. The molecule has 2 rings (SSSR count). The fourth-order valence-electron chi connectivity index (χ4n) is 2.45. The average Bonchev–Trinajstić information content (AvgIpc) is 2.55. The molecule has 0 aliphatic rings. The number of sulfone groups is 1. The normalized spacial score (nSPS) is 11.2. The standard InChI is InChI=1S/C19H23NO3S/c1-3-24(22,23)18-9-7-16(8-10-18)11-12-20-19(21)14-17-6-4-5-15(2)13-17/h4-10,13H,3,11-12,14H2,1-2H3,(H,20,21). The second-order valence-corrected chi connectivity index (χ2v) is 8.09. The second-order valence-electron chi connectivity index (χ2n) is 5.81. The fourth-order valence-corrected chi connectivity index (χ4v) is 3.33. The summed E-state index contributed by atoms with van der Waals surface area (Å²) in [6, 6.07) is 14.8. The maximum absolute atomic E-state index is 11.9. The van der Waals surface area contributed by atoms with E-state index in [4.69, 9.17) is 0 Å². The zero-order valence-corrected chi connectivity index (χ0v) is 14.9. The van der Waals surface area contributed by atoms with Crippen LogP contribution in [0.2, 0.25) is 0 Å². The van der Waals surface area contributed by atoms with Gasteiger partial charge in [-0.15, -0.1) is 0 Å². The van der Waals surface area contributed by atoms with E-state index in [2.05, 4.69) is 5.32 Å². The molecule has 0 radical (unpaired) electrons. The Labute approximate surface area is 143 Å². The number of nitrogens with one attached hydrogen (secondary N) is 1. The molecule has 0 saturated carbocycles. The quantitative estimate of drug-likeness (QED) is 0.839. The van der Waals surface area contributed by atoms with Crippen molar-refractivity contribution in [1.82, 2.24) is 5.32 Å². The Bertz CT molecular complexity index is 796. The van der Waals surface area contributed by atoms with Gasteiger partial charge in [0.1, 0.15) is 0 Å². The highest BCUT2D eigenvalue weighted by molar-refractivity contribution is 7.91. The summed E-state index contributed by atoms with van der Waals surface area (Å²) >= 11 is 0. The Morgan fingerprint density at radius 3 is 2.38 bits per heavy atom. The number of hydrogen-bond acceptors (Lipinski definition) is 3. The van der Waals surface area contributed by atoms with Crippen molar-refractivity contribution in [3.63, 3.8) is 0 Å². The summed E-state index contributed by atoms with van der Waals surface area (Å²) < 4.78 is 23.5. The largest absolute Gasteiger partial charge is 0.355 e. The molecule has 0 atom stereocenters. The molecule has 24 heavy (non-hydrogen) atoms. The number of aryl methyl sites for hydroxylation is 1. The van der Waals surface area contributed by atoms with Crippen LogP contribution in [-0.4, -0.2) is 26.6 Å². The summed E-state index contributed by atoms with van der Waals surface area (Å²) in [6.45, 7) is 4.17. The van der Waals surface area contributed by atoms with Crippen LogP contribution in [-0.2, 0) is 27.5 Å². The van der Waals surface area contributed by atoms with Gasteiger partial charge >= 0.3 is 0 Å². The molecule has 0 heterocycles. The minimum Gasteiger partial charge on any atom is -0.355 e. The van der Waals surface area contributed by atoms with Crippen molar-refractivity contribution in [2.24, 2.45) is 0 Å². The lowest BCUT2D eigenvalue weighted by Crippen LogP contribution is -2.27. The fraction of sp³-hybridized carbons (Fsp3) is 0.316. The van der Waals surface area contributed by atoms with E-state index < -0.39 is 9.84 Å². The minimum atomic E-state index is -3.16. The second kappa shape index (κ2) is 8.11. The smallest absolute Gasteiger partial charge is 0.224 e. The Morgan fingerprint density at radius 1 is 1.04 bits per heavy atom. The van der Waals surface area contributed by atoms with Crippen LogP contribution in [0.1, 0.15) is 23.6 Å². The molecule has 1 amide bonds. The SMILES string of the molecule is CCS(=O)(=O)c1ccc(CCNC(=O)Cc2cccc(C)c2)cc1. The lowest BCUT2D eigenvalue weighted by molar-refractivity contribution is -0.120. The number of benzene rings is 2. The maximum atomic E-state index is 11.9. The van der Waals surface area contributed by atoms with Gasteiger partial charge in [-0.05, 0) is 36.6 Å². The molecule has 4 nitrogen and oxygen atoms in total. The third-order valence-electron chi connectivity index (χ3n) is 3.85. The van der Waals surface area contributed by atoms with Gasteiger partial charge in [0.2, 0.25) is 5.91 Å². The van der Waals surface area contributed by atoms with E-state index in [0.717, 1.165) is 16.7 Å². The highest BCUT2D eigenvalue weighted by Gasteiger charge is 2.10. The summed E-state index contributed by atoms with van der Waals surface area (Å²) in [6.07, 6.45) is 1.04.